The summed E-state index contributed by atoms with van der Waals surface area (Å²) in [5.74, 6) is 2.95. The van der Waals surface area contributed by atoms with E-state index in [1.54, 1.807) is 6.26 Å². The molecule has 0 atom stereocenters. The lowest BCUT2D eigenvalue weighted by Crippen LogP contribution is -2.07. The zero-order valence-electron chi connectivity index (χ0n) is 12.2. The Labute approximate surface area is 143 Å². The van der Waals surface area contributed by atoms with Crippen LogP contribution in [0, 0.1) is 0 Å². The molecule has 0 amide bonds. The number of thioether (sulfide) groups is 1. The maximum atomic E-state index is 6.14. The van der Waals surface area contributed by atoms with Crippen molar-refractivity contribution in [2.24, 2.45) is 0 Å². The van der Waals surface area contributed by atoms with Crippen LogP contribution in [0.2, 0.25) is 0 Å². The predicted octanol–water partition coefficient (Wildman–Crippen LogP) is 5.45. The number of halogens is 1. The molecule has 116 valence electrons. The molecule has 5 heteroatoms. The zero-order valence-corrected chi connectivity index (χ0v) is 13.9. The first kappa shape index (κ1) is 14.7. The Morgan fingerprint density at radius 2 is 2.00 bits per heavy atom. The van der Waals surface area contributed by atoms with Gasteiger partial charge in [0.15, 0.2) is 5.58 Å². The number of hydrogen-bond acceptors (Lipinski definition) is 4. The molecule has 3 aromatic heterocycles. The lowest BCUT2D eigenvalue weighted by atomic mass is 10.0. The summed E-state index contributed by atoms with van der Waals surface area (Å²) < 4.78 is 11.8. The number of aromatic nitrogens is 1. The fourth-order valence-electron chi connectivity index (χ4n) is 3.18. The molecule has 0 fully saturated rings. The van der Waals surface area contributed by atoms with Crippen molar-refractivity contribution in [1.82, 2.24) is 4.98 Å². The highest BCUT2D eigenvalue weighted by atomic mass is 35.5. The van der Waals surface area contributed by atoms with Crippen LogP contribution >= 0.6 is 24.2 Å². The Morgan fingerprint density at radius 3 is 2.87 bits per heavy atom. The van der Waals surface area contributed by atoms with Crippen molar-refractivity contribution in [1.29, 1.82) is 0 Å². The van der Waals surface area contributed by atoms with Crippen molar-refractivity contribution in [3.8, 4) is 11.3 Å². The van der Waals surface area contributed by atoms with Crippen LogP contribution in [0.25, 0.3) is 33.4 Å². The van der Waals surface area contributed by atoms with Crippen molar-refractivity contribution in [3.63, 3.8) is 0 Å². The minimum atomic E-state index is 0. The molecule has 4 aromatic rings. The van der Waals surface area contributed by atoms with Gasteiger partial charge in [0, 0.05) is 16.8 Å². The molecule has 0 spiro atoms. The summed E-state index contributed by atoms with van der Waals surface area (Å²) in [5.41, 5.74) is 6.20. The summed E-state index contributed by atoms with van der Waals surface area (Å²) in [7, 11) is 0. The second-order valence-corrected chi connectivity index (χ2v) is 6.57. The van der Waals surface area contributed by atoms with E-state index in [2.05, 4.69) is 6.07 Å². The van der Waals surface area contributed by atoms with Crippen molar-refractivity contribution in [2.75, 3.05) is 5.75 Å². The van der Waals surface area contributed by atoms with Crippen LogP contribution in [-0.4, -0.2) is 10.7 Å². The number of para-hydroxylation sites is 1. The minimum Gasteiger partial charge on any atom is -0.464 e. The fraction of sp³-hybridized carbons (Fsp3) is 0.167. The number of rotatable bonds is 1. The van der Waals surface area contributed by atoms with Crippen molar-refractivity contribution in [2.45, 2.75) is 12.2 Å². The van der Waals surface area contributed by atoms with Gasteiger partial charge in [0.2, 0.25) is 0 Å². The Bertz CT molecular complexity index is 991. The van der Waals surface area contributed by atoms with Gasteiger partial charge in [-0.25, -0.2) is 4.98 Å². The molecule has 0 unspecified atom stereocenters. The minimum absolute atomic E-state index is 0. The third kappa shape index (κ3) is 2.17. The molecule has 1 aromatic carbocycles. The van der Waals surface area contributed by atoms with Gasteiger partial charge in [0.05, 0.1) is 11.8 Å². The first-order chi connectivity index (χ1) is 10.9. The smallest absolute Gasteiger partial charge is 0.165 e. The number of pyridine rings is 1. The monoisotopic (exact) mass is 343 g/mol. The number of benzene rings is 1. The summed E-state index contributed by atoms with van der Waals surface area (Å²) in [4.78, 5) is 4.93. The largest absolute Gasteiger partial charge is 0.464 e. The molecule has 5 rings (SSSR count). The van der Waals surface area contributed by atoms with E-state index in [4.69, 9.17) is 13.8 Å². The molecule has 1 aliphatic rings. The number of hydrogen-bond donors (Lipinski definition) is 0. The van der Waals surface area contributed by atoms with E-state index in [1.807, 2.05) is 42.1 Å². The number of aryl methyl sites for hydroxylation is 1. The van der Waals surface area contributed by atoms with E-state index in [0.717, 1.165) is 51.3 Å². The van der Waals surface area contributed by atoms with E-state index in [1.165, 1.54) is 11.3 Å². The third-order valence-corrected chi connectivity index (χ3v) is 5.18. The summed E-state index contributed by atoms with van der Waals surface area (Å²) in [6.45, 7) is 0. The van der Waals surface area contributed by atoms with Gasteiger partial charge in [-0.1, -0.05) is 12.1 Å². The van der Waals surface area contributed by atoms with Crippen LogP contribution in [0.5, 0.6) is 0 Å². The fourth-order valence-corrected chi connectivity index (χ4v) is 4.18. The molecule has 0 saturated carbocycles. The highest BCUT2D eigenvalue weighted by Crippen LogP contribution is 2.41. The van der Waals surface area contributed by atoms with Crippen LogP contribution in [0.3, 0.4) is 0 Å². The molecule has 23 heavy (non-hydrogen) atoms. The van der Waals surface area contributed by atoms with E-state index < -0.39 is 0 Å². The summed E-state index contributed by atoms with van der Waals surface area (Å²) in [6, 6.07) is 12.0. The number of nitrogens with zero attached hydrogens (tertiary/aromatic N) is 1. The predicted molar refractivity (Wildman–Crippen MR) is 96.3 cm³/mol. The van der Waals surface area contributed by atoms with Gasteiger partial charge in [-0.05, 0) is 42.0 Å². The Hall–Kier alpha value is -1.91. The zero-order chi connectivity index (χ0) is 14.5. The molecule has 1 aliphatic heterocycles. The Morgan fingerprint density at radius 1 is 1.09 bits per heavy atom. The maximum absolute atomic E-state index is 6.14. The Kier molecular flexibility index (Phi) is 3.58. The average molecular weight is 344 g/mol. The van der Waals surface area contributed by atoms with Gasteiger partial charge in [-0.3, -0.25) is 0 Å². The molecular formula is C18H14ClNO2S. The lowest BCUT2D eigenvalue weighted by molar-refractivity contribution is 0.579. The van der Waals surface area contributed by atoms with E-state index in [-0.39, 0.29) is 12.4 Å². The standard InChI is InChI=1S/C18H13NO2S.ClH/c1-2-5-14-11(4-1)17-18(21-14)16(15-6-3-8-20-15)12-10-22-9-7-13(12)19-17;/h1-6,8H,7,9-10H2;1H. The second kappa shape index (κ2) is 5.62. The molecule has 0 radical (unpaired) electrons. The van der Waals surface area contributed by atoms with Gasteiger partial charge in [0.1, 0.15) is 16.9 Å². The summed E-state index contributed by atoms with van der Waals surface area (Å²) in [6.07, 6.45) is 2.72. The summed E-state index contributed by atoms with van der Waals surface area (Å²) in [5, 5.41) is 1.08. The van der Waals surface area contributed by atoms with Crippen LogP contribution in [-0.2, 0) is 12.2 Å². The first-order valence-corrected chi connectivity index (χ1v) is 8.52. The molecule has 3 nitrogen and oxygen atoms in total. The third-order valence-electron chi connectivity index (χ3n) is 4.19. The van der Waals surface area contributed by atoms with Crippen LogP contribution < -0.4 is 0 Å². The highest BCUT2D eigenvalue weighted by molar-refractivity contribution is 7.98. The van der Waals surface area contributed by atoms with Gasteiger partial charge in [-0.2, -0.15) is 11.8 Å². The highest BCUT2D eigenvalue weighted by Gasteiger charge is 2.24. The van der Waals surface area contributed by atoms with Crippen LogP contribution in [0.15, 0.2) is 51.5 Å². The number of furan rings is 2. The molecule has 0 aliphatic carbocycles. The van der Waals surface area contributed by atoms with Crippen molar-refractivity contribution < 1.29 is 8.83 Å². The van der Waals surface area contributed by atoms with E-state index in [0.29, 0.717) is 0 Å². The molecular weight excluding hydrogens is 330 g/mol. The van der Waals surface area contributed by atoms with E-state index >= 15 is 0 Å². The van der Waals surface area contributed by atoms with Crippen LogP contribution in [0.4, 0.5) is 0 Å². The quantitative estimate of drug-likeness (QED) is 0.460. The maximum Gasteiger partial charge on any atom is 0.165 e. The molecule has 4 heterocycles. The molecule has 0 saturated heterocycles. The topological polar surface area (TPSA) is 39.2 Å². The lowest BCUT2D eigenvalue weighted by Gasteiger charge is -2.17. The van der Waals surface area contributed by atoms with Gasteiger partial charge in [-0.15, -0.1) is 12.4 Å². The van der Waals surface area contributed by atoms with Gasteiger partial charge >= 0.3 is 0 Å². The molecule has 0 bridgehead atoms. The van der Waals surface area contributed by atoms with Crippen molar-refractivity contribution >= 4 is 46.2 Å². The van der Waals surface area contributed by atoms with Gasteiger partial charge in [0.25, 0.3) is 0 Å². The number of fused-ring (bicyclic) bond motifs is 4. The van der Waals surface area contributed by atoms with Gasteiger partial charge < -0.3 is 8.83 Å². The summed E-state index contributed by atoms with van der Waals surface area (Å²) >= 11 is 1.94. The average Bonchev–Trinajstić information content (AvgIpc) is 3.20. The molecule has 0 N–H and O–H groups in total. The van der Waals surface area contributed by atoms with Crippen LogP contribution in [0.1, 0.15) is 11.3 Å². The first-order valence-electron chi connectivity index (χ1n) is 7.36. The van der Waals surface area contributed by atoms with E-state index in [9.17, 15) is 0 Å². The van der Waals surface area contributed by atoms with Crippen molar-refractivity contribution in [3.05, 3.63) is 53.9 Å². The second-order valence-electron chi connectivity index (χ2n) is 5.47. The Balaban J connectivity index is 0.00000135. The normalized spacial score (nSPS) is 13.9. The SMILES string of the molecule is Cl.c1coc(-c2c3c(nc4c2oc2ccccc24)CCSC3)c1.